The lowest BCUT2D eigenvalue weighted by Crippen LogP contribution is -2.31. The normalized spacial score (nSPS) is 16.6. The molecule has 5 nitrogen and oxygen atoms in total. The zero-order valence-electron chi connectivity index (χ0n) is 19.9. The summed E-state index contributed by atoms with van der Waals surface area (Å²) in [6.45, 7) is 6.40. The van der Waals surface area contributed by atoms with Crippen molar-refractivity contribution in [3.05, 3.63) is 94.5 Å². The number of aliphatic hydroxyl groups is 1. The molecule has 6 heteroatoms. The minimum absolute atomic E-state index is 0.0614. The fourth-order valence-electron chi connectivity index (χ4n) is 4.49. The Morgan fingerprint density at radius 3 is 2.32 bits per heavy atom. The minimum Gasteiger partial charge on any atom is -0.489 e. The van der Waals surface area contributed by atoms with Gasteiger partial charge in [0, 0.05) is 12.6 Å². The van der Waals surface area contributed by atoms with Gasteiger partial charge < -0.3 is 9.84 Å². The van der Waals surface area contributed by atoms with Gasteiger partial charge in [-0.3, -0.25) is 4.90 Å². The van der Waals surface area contributed by atoms with E-state index in [4.69, 9.17) is 4.74 Å². The number of likely N-dealkylation sites (tertiary alicyclic amines) is 1. The Morgan fingerprint density at radius 1 is 0.912 bits per heavy atom. The van der Waals surface area contributed by atoms with Crippen molar-refractivity contribution in [1.29, 1.82) is 0 Å². The molecular weight excluding hydrogens is 446 g/mol. The molecule has 1 aliphatic heterocycles. The van der Waals surface area contributed by atoms with Crippen molar-refractivity contribution >= 4 is 9.84 Å². The fraction of sp³-hybridized carbons (Fsp3) is 0.357. The molecule has 0 bridgehead atoms. The summed E-state index contributed by atoms with van der Waals surface area (Å²) in [6.07, 6.45) is 2.20. The Labute approximate surface area is 202 Å². The summed E-state index contributed by atoms with van der Waals surface area (Å²) in [5.41, 5.74) is 4.99. The number of aryl methyl sites for hydroxylation is 2. The van der Waals surface area contributed by atoms with E-state index in [0.717, 1.165) is 48.2 Å². The van der Waals surface area contributed by atoms with Crippen molar-refractivity contribution in [3.63, 3.8) is 0 Å². The van der Waals surface area contributed by atoms with Crippen molar-refractivity contribution in [2.45, 2.75) is 56.5 Å². The zero-order chi connectivity index (χ0) is 24.1. The molecule has 3 aromatic carbocycles. The number of nitrogens with zero attached hydrogens (tertiary/aromatic N) is 1. The van der Waals surface area contributed by atoms with Crippen LogP contribution in [0.25, 0.3) is 0 Å². The second-order valence-electron chi connectivity index (χ2n) is 9.28. The highest BCUT2D eigenvalue weighted by molar-refractivity contribution is 7.90. The van der Waals surface area contributed by atoms with Gasteiger partial charge in [0.1, 0.15) is 12.4 Å². The number of sulfone groups is 1. The molecule has 1 saturated heterocycles. The van der Waals surface area contributed by atoms with E-state index >= 15 is 0 Å². The van der Waals surface area contributed by atoms with Gasteiger partial charge in [0.2, 0.25) is 0 Å². The lowest BCUT2D eigenvalue weighted by Gasteiger charge is -2.22. The topological polar surface area (TPSA) is 66.8 Å². The second-order valence-corrected chi connectivity index (χ2v) is 11.3. The quantitative estimate of drug-likeness (QED) is 0.477. The smallest absolute Gasteiger partial charge is 0.182 e. The first-order valence-corrected chi connectivity index (χ1v) is 13.4. The van der Waals surface area contributed by atoms with Crippen LogP contribution in [0, 0.1) is 13.8 Å². The average Bonchev–Trinajstić information content (AvgIpc) is 3.25. The standard InChI is InChI=1S/C28H33NO4S/c1-21-5-11-28(12-6-21)34(31,32)20-25-14-22(2)15-27(16-25)33-19-24-9-7-23(8-10-24)17-29-13-3-4-26(29)18-30/h5-12,14-16,26,30H,3-4,13,17-20H2,1-2H3/t26-/m1/s1. The third kappa shape index (κ3) is 6.26. The molecule has 1 fully saturated rings. The van der Waals surface area contributed by atoms with Crippen LogP contribution in [0.4, 0.5) is 0 Å². The summed E-state index contributed by atoms with van der Waals surface area (Å²) in [5.74, 6) is 0.606. The molecule has 4 rings (SSSR count). The van der Waals surface area contributed by atoms with Crippen molar-refractivity contribution in [2.24, 2.45) is 0 Å². The van der Waals surface area contributed by atoms with E-state index in [2.05, 4.69) is 29.2 Å². The van der Waals surface area contributed by atoms with Crippen LogP contribution in [0.1, 0.15) is 40.7 Å². The van der Waals surface area contributed by atoms with Crippen molar-refractivity contribution in [2.75, 3.05) is 13.2 Å². The number of hydrogen-bond acceptors (Lipinski definition) is 5. The molecule has 1 atom stereocenters. The monoisotopic (exact) mass is 479 g/mol. The molecule has 0 aliphatic carbocycles. The summed E-state index contributed by atoms with van der Waals surface area (Å²) in [6, 6.07) is 21.2. The van der Waals surface area contributed by atoms with E-state index in [9.17, 15) is 13.5 Å². The number of rotatable bonds is 9. The van der Waals surface area contributed by atoms with E-state index in [0.29, 0.717) is 17.3 Å². The van der Waals surface area contributed by atoms with Gasteiger partial charge in [-0.1, -0.05) is 48.0 Å². The molecule has 34 heavy (non-hydrogen) atoms. The van der Waals surface area contributed by atoms with Gasteiger partial charge in [0.25, 0.3) is 0 Å². The van der Waals surface area contributed by atoms with Crippen LogP contribution >= 0.6 is 0 Å². The predicted octanol–water partition coefficient (Wildman–Crippen LogP) is 4.81. The molecule has 0 unspecified atom stereocenters. The van der Waals surface area contributed by atoms with Gasteiger partial charge in [-0.25, -0.2) is 8.42 Å². The maximum Gasteiger partial charge on any atom is 0.182 e. The number of aliphatic hydroxyl groups excluding tert-OH is 1. The predicted molar refractivity (Wildman–Crippen MR) is 135 cm³/mol. The summed E-state index contributed by atoms with van der Waals surface area (Å²) in [5, 5.41) is 9.51. The number of ether oxygens (including phenoxy) is 1. The molecule has 180 valence electrons. The lowest BCUT2D eigenvalue weighted by atomic mass is 10.1. The van der Waals surface area contributed by atoms with E-state index in [1.165, 1.54) is 5.56 Å². The Hall–Kier alpha value is -2.67. The van der Waals surface area contributed by atoms with Crippen LogP contribution in [0.3, 0.4) is 0 Å². The third-order valence-corrected chi connectivity index (χ3v) is 8.08. The van der Waals surface area contributed by atoms with Gasteiger partial charge in [-0.2, -0.15) is 0 Å². The van der Waals surface area contributed by atoms with E-state index < -0.39 is 9.84 Å². The summed E-state index contributed by atoms with van der Waals surface area (Å²) < 4.78 is 31.7. The van der Waals surface area contributed by atoms with Crippen molar-refractivity contribution in [3.8, 4) is 5.75 Å². The van der Waals surface area contributed by atoms with Gasteiger partial charge >= 0.3 is 0 Å². The molecular formula is C28H33NO4S. The molecule has 0 aromatic heterocycles. The first-order chi connectivity index (χ1) is 16.3. The van der Waals surface area contributed by atoms with Crippen LogP contribution in [0.2, 0.25) is 0 Å². The average molecular weight is 480 g/mol. The Morgan fingerprint density at radius 2 is 1.62 bits per heavy atom. The molecule has 3 aromatic rings. The van der Waals surface area contributed by atoms with Crippen LogP contribution in [-0.4, -0.2) is 37.6 Å². The van der Waals surface area contributed by atoms with Crippen LogP contribution in [-0.2, 0) is 28.7 Å². The van der Waals surface area contributed by atoms with Crippen molar-refractivity contribution < 1.29 is 18.3 Å². The van der Waals surface area contributed by atoms with Crippen LogP contribution < -0.4 is 4.74 Å². The second kappa shape index (κ2) is 10.7. The number of hydrogen-bond donors (Lipinski definition) is 1. The Kier molecular flexibility index (Phi) is 7.71. The van der Waals surface area contributed by atoms with Gasteiger partial charge in [-0.05, 0) is 79.8 Å². The first-order valence-electron chi connectivity index (χ1n) is 11.8. The molecule has 1 N–H and O–H groups in total. The Bertz CT molecular complexity index is 1200. The van der Waals surface area contributed by atoms with Gasteiger partial charge in [0.15, 0.2) is 9.84 Å². The van der Waals surface area contributed by atoms with E-state index in [-0.39, 0.29) is 18.4 Å². The van der Waals surface area contributed by atoms with E-state index in [1.54, 1.807) is 12.1 Å². The highest BCUT2D eigenvalue weighted by Gasteiger charge is 2.23. The van der Waals surface area contributed by atoms with Gasteiger partial charge in [-0.15, -0.1) is 0 Å². The number of benzene rings is 3. The highest BCUT2D eigenvalue weighted by Crippen LogP contribution is 2.24. The van der Waals surface area contributed by atoms with E-state index in [1.807, 2.05) is 44.2 Å². The maximum atomic E-state index is 12.9. The highest BCUT2D eigenvalue weighted by atomic mass is 32.2. The lowest BCUT2D eigenvalue weighted by molar-refractivity contribution is 0.153. The fourth-order valence-corrected chi connectivity index (χ4v) is 5.81. The summed E-state index contributed by atoms with van der Waals surface area (Å²) in [7, 11) is -3.43. The molecule has 1 heterocycles. The molecule has 0 amide bonds. The van der Waals surface area contributed by atoms with Crippen molar-refractivity contribution in [1.82, 2.24) is 4.90 Å². The van der Waals surface area contributed by atoms with Gasteiger partial charge in [0.05, 0.1) is 17.3 Å². The SMILES string of the molecule is Cc1ccc(S(=O)(=O)Cc2cc(C)cc(OCc3ccc(CN4CCC[C@@H]4CO)cc3)c2)cc1. The molecule has 1 aliphatic rings. The molecule has 0 saturated carbocycles. The van der Waals surface area contributed by atoms with Crippen LogP contribution in [0.15, 0.2) is 71.6 Å². The largest absolute Gasteiger partial charge is 0.489 e. The minimum atomic E-state index is -3.43. The summed E-state index contributed by atoms with van der Waals surface area (Å²) >= 11 is 0. The maximum absolute atomic E-state index is 12.9. The third-order valence-electron chi connectivity index (χ3n) is 6.37. The molecule has 0 spiro atoms. The zero-order valence-corrected chi connectivity index (χ0v) is 20.7. The molecule has 0 radical (unpaired) electrons. The first kappa shape index (κ1) is 24.5. The van der Waals surface area contributed by atoms with Crippen LogP contribution in [0.5, 0.6) is 5.75 Å². The summed E-state index contributed by atoms with van der Waals surface area (Å²) in [4.78, 5) is 2.67. The Balaban J connectivity index is 1.38.